The summed E-state index contributed by atoms with van der Waals surface area (Å²) in [4.78, 5) is 12.0. The summed E-state index contributed by atoms with van der Waals surface area (Å²) in [5.74, 6) is -0.213. The van der Waals surface area contributed by atoms with Gasteiger partial charge in [-0.05, 0) is 12.5 Å². The van der Waals surface area contributed by atoms with Crippen molar-refractivity contribution >= 4 is 23.1 Å². The Morgan fingerprint density at radius 1 is 1.80 bits per heavy atom. The van der Waals surface area contributed by atoms with Crippen LogP contribution in [0.15, 0.2) is 12.3 Å². The Morgan fingerprint density at radius 3 is 2.87 bits per heavy atom. The molecule has 1 aromatic rings. The average Bonchev–Trinajstić information content (AvgIpc) is 2.60. The van der Waals surface area contributed by atoms with Crippen molar-refractivity contribution < 1.29 is 4.79 Å². The van der Waals surface area contributed by atoms with Crippen molar-refractivity contribution in [3.05, 3.63) is 18.0 Å². The number of nitrogens with zero attached hydrogens (tertiary/aromatic N) is 2. The lowest BCUT2D eigenvalue weighted by molar-refractivity contribution is 0.0937. The fourth-order valence-corrected chi connectivity index (χ4v) is 1.43. The Kier molecular flexibility index (Phi) is 3.79. The molecule has 1 unspecified atom stereocenters. The molecule has 0 saturated carbocycles. The highest BCUT2D eigenvalue weighted by Crippen LogP contribution is 1.99. The van der Waals surface area contributed by atoms with Crippen molar-refractivity contribution in [1.82, 2.24) is 15.1 Å². The molecule has 5 nitrogen and oxygen atoms in total. The summed E-state index contributed by atoms with van der Waals surface area (Å²) in [7, 11) is 1.70. The number of aromatic nitrogens is 2. The molecule has 1 rings (SSSR count). The Labute approximate surface area is 93.6 Å². The molecule has 0 fully saturated rings. The largest absolute Gasteiger partial charge is 0.392 e. The van der Waals surface area contributed by atoms with Gasteiger partial charge in [-0.2, -0.15) is 5.10 Å². The van der Waals surface area contributed by atoms with Gasteiger partial charge in [-0.25, -0.2) is 0 Å². The second-order valence-corrected chi connectivity index (χ2v) is 3.65. The van der Waals surface area contributed by atoms with E-state index in [9.17, 15) is 4.79 Å². The van der Waals surface area contributed by atoms with Crippen LogP contribution in [0.2, 0.25) is 0 Å². The number of carbonyl (C=O) groups excluding carboxylic acids is 1. The molecule has 1 amide bonds. The lowest BCUT2D eigenvalue weighted by Crippen LogP contribution is -2.43. The van der Waals surface area contributed by atoms with Crippen molar-refractivity contribution in [2.24, 2.45) is 12.8 Å². The van der Waals surface area contributed by atoms with Crippen molar-refractivity contribution in [2.75, 3.05) is 0 Å². The van der Waals surface area contributed by atoms with Crippen LogP contribution < -0.4 is 11.1 Å². The first-order chi connectivity index (χ1) is 7.06. The number of aryl methyl sites for hydroxylation is 1. The van der Waals surface area contributed by atoms with Crippen LogP contribution in [0.25, 0.3) is 0 Å². The van der Waals surface area contributed by atoms with E-state index in [1.807, 2.05) is 6.92 Å². The summed E-state index contributed by atoms with van der Waals surface area (Å²) in [6.07, 6.45) is 2.25. The lowest BCUT2D eigenvalue weighted by Gasteiger charge is -2.14. The van der Waals surface area contributed by atoms with E-state index in [-0.39, 0.29) is 11.9 Å². The average molecular weight is 226 g/mol. The highest BCUT2D eigenvalue weighted by atomic mass is 32.1. The van der Waals surface area contributed by atoms with Crippen molar-refractivity contribution in [2.45, 2.75) is 19.4 Å². The number of rotatable bonds is 4. The molecule has 3 N–H and O–H groups in total. The molecule has 1 atom stereocenters. The maximum absolute atomic E-state index is 11.7. The van der Waals surface area contributed by atoms with E-state index < -0.39 is 0 Å². The van der Waals surface area contributed by atoms with Crippen LogP contribution in [-0.4, -0.2) is 26.7 Å². The second-order valence-electron chi connectivity index (χ2n) is 3.18. The smallest absolute Gasteiger partial charge is 0.270 e. The van der Waals surface area contributed by atoms with Crippen molar-refractivity contribution in [3.8, 4) is 0 Å². The molecule has 0 spiro atoms. The summed E-state index contributed by atoms with van der Waals surface area (Å²) in [6.45, 7) is 1.91. The van der Waals surface area contributed by atoms with Gasteiger partial charge < -0.3 is 11.1 Å². The first-order valence-electron chi connectivity index (χ1n) is 4.64. The number of hydrogen-bond donors (Lipinski definition) is 2. The molecule has 15 heavy (non-hydrogen) atoms. The number of carbonyl (C=O) groups is 1. The molecular weight excluding hydrogens is 212 g/mol. The Hall–Kier alpha value is -1.43. The summed E-state index contributed by atoms with van der Waals surface area (Å²) in [6, 6.07) is 1.38. The Bertz CT molecular complexity index is 374. The third kappa shape index (κ3) is 2.76. The summed E-state index contributed by atoms with van der Waals surface area (Å²) < 4.78 is 1.50. The summed E-state index contributed by atoms with van der Waals surface area (Å²) >= 11 is 4.84. The number of thiocarbonyl (C=S) groups is 1. The molecule has 1 aromatic heterocycles. The minimum atomic E-state index is -0.262. The highest BCUT2D eigenvalue weighted by Gasteiger charge is 2.16. The van der Waals surface area contributed by atoms with E-state index in [1.165, 1.54) is 4.68 Å². The maximum Gasteiger partial charge on any atom is 0.270 e. The molecule has 0 saturated heterocycles. The van der Waals surface area contributed by atoms with Gasteiger partial charge in [-0.3, -0.25) is 9.48 Å². The van der Waals surface area contributed by atoms with Gasteiger partial charge in [0.15, 0.2) is 0 Å². The second kappa shape index (κ2) is 4.88. The molecule has 0 radical (unpaired) electrons. The van der Waals surface area contributed by atoms with Gasteiger partial charge in [0.05, 0.1) is 11.0 Å². The number of nitrogens with one attached hydrogen (secondary N) is 1. The Morgan fingerprint density at radius 2 is 2.47 bits per heavy atom. The van der Waals surface area contributed by atoms with Crippen LogP contribution in [0.4, 0.5) is 0 Å². The zero-order valence-electron chi connectivity index (χ0n) is 8.73. The molecular formula is C9H14N4OS. The maximum atomic E-state index is 11.7. The van der Waals surface area contributed by atoms with Crippen LogP contribution in [0.1, 0.15) is 23.8 Å². The van der Waals surface area contributed by atoms with Gasteiger partial charge in [0.2, 0.25) is 0 Å². The molecule has 6 heteroatoms. The molecule has 0 aromatic carbocycles. The molecule has 0 aliphatic heterocycles. The molecule has 1 heterocycles. The van der Waals surface area contributed by atoms with E-state index >= 15 is 0 Å². The molecule has 0 aliphatic carbocycles. The van der Waals surface area contributed by atoms with Gasteiger partial charge >= 0.3 is 0 Å². The van der Waals surface area contributed by atoms with Crippen molar-refractivity contribution in [3.63, 3.8) is 0 Å². The standard InChI is InChI=1S/C9H14N4OS/c1-3-6(8(10)15)12-9(14)7-4-5-11-13(7)2/h4-6H,3H2,1-2H3,(H2,10,15)(H,12,14). The van der Waals surface area contributed by atoms with E-state index in [1.54, 1.807) is 19.3 Å². The van der Waals surface area contributed by atoms with Gasteiger partial charge in [0, 0.05) is 13.2 Å². The normalized spacial score (nSPS) is 12.1. The fraction of sp³-hybridized carbons (Fsp3) is 0.444. The van der Waals surface area contributed by atoms with Gasteiger partial charge in [-0.15, -0.1) is 0 Å². The lowest BCUT2D eigenvalue weighted by atomic mass is 10.2. The highest BCUT2D eigenvalue weighted by molar-refractivity contribution is 7.80. The van der Waals surface area contributed by atoms with Gasteiger partial charge in [-0.1, -0.05) is 19.1 Å². The predicted octanol–water partition coefficient (Wildman–Crippen LogP) is 0.215. The van der Waals surface area contributed by atoms with E-state index in [0.29, 0.717) is 17.1 Å². The quantitative estimate of drug-likeness (QED) is 0.720. The van der Waals surface area contributed by atoms with Crippen molar-refractivity contribution in [1.29, 1.82) is 0 Å². The van der Waals surface area contributed by atoms with Gasteiger partial charge in [0.1, 0.15) is 5.69 Å². The third-order valence-electron chi connectivity index (χ3n) is 2.11. The first-order valence-corrected chi connectivity index (χ1v) is 5.05. The van der Waals surface area contributed by atoms with Gasteiger partial charge in [0.25, 0.3) is 5.91 Å². The van der Waals surface area contributed by atoms with Crippen LogP contribution in [0.5, 0.6) is 0 Å². The molecule has 0 aliphatic rings. The summed E-state index contributed by atoms with van der Waals surface area (Å²) in [5, 5.41) is 6.65. The van der Waals surface area contributed by atoms with E-state index in [2.05, 4.69) is 10.4 Å². The molecule has 82 valence electrons. The topological polar surface area (TPSA) is 72.9 Å². The monoisotopic (exact) mass is 226 g/mol. The first kappa shape index (κ1) is 11.6. The number of nitrogens with two attached hydrogens (primary N) is 1. The summed E-state index contributed by atoms with van der Waals surface area (Å²) in [5.41, 5.74) is 5.97. The zero-order valence-corrected chi connectivity index (χ0v) is 9.54. The number of hydrogen-bond acceptors (Lipinski definition) is 3. The van der Waals surface area contributed by atoms with Crippen LogP contribution >= 0.6 is 12.2 Å². The minimum absolute atomic E-state index is 0.213. The minimum Gasteiger partial charge on any atom is -0.392 e. The van der Waals surface area contributed by atoms with Crippen LogP contribution in [-0.2, 0) is 7.05 Å². The SMILES string of the molecule is CCC(NC(=O)c1ccnn1C)C(N)=S. The van der Waals surface area contributed by atoms with E-state index in [4.69, 9.17) is 18.0 Å². The third-order valence-corrected chi connectivity index (χ3v) is 2.40. The zero-order chi connectivity index (χ0) is 11.4. The Balaban J connectivity index is 2.71. The van der Waals surface area contributed by atoms with Crippen LogP contribution in [0.3, 0.4) is 0 Å². The number of amides is 1. The molecule has 0 bridgehead atoms. The van der Waals surface area contributed by atoms with Crippen LogP contribution in [0, 0.1) is 0 Å². The van der Waals surface area contributed by atoms with E-state index in [0.717, 1.165) is 0 Å². The predicted molar refractivity (Wildman–Crippen MR) is 61.5 cm³/mol. The fourth-order valence-electron chi connectivity index (χ4n) is 1.20.